The zero-order chi connectivity index (χ0) is 36.5. The molecule has 0 radical (unpaired) electrons. The molecule has 5 N–H and O–H groups in total. The van der Waals surface area contributed by atoms with Gasteiger partial charge in [0.25, 0.3) is 6.47 Å². The van der Waals surface area contributed by atoms with Crippen molar-refractivity contribution >= 4 is 29.4 Å². The summed E-state index contributed by atoms with van der Waals surface area (Å²) in [6.07, 6.45) is -2.17. The largest absolute Gasteiger partial charge is 0.483 e. The summed E-state index contributed by atoms with van der Waals surface area (Å²) >= 11 is 0. The van der Waals surface area contributed by atoms with Gasteiger partial charge < -0.3 is 39.8 Å². The molecule has 52 heavy (non-hydrogen) atoms. The molecule has 0 aliphatic carbocycles. The van der Waals surface area contributed by atoms with Crippen LogP contribution in [0.4, 0.5) is 11.8 Å². The summed E-state index contributed by atoms with van der Waals surface area (Å²) in [6.45, 7) is 2.22. The molecular weight excluding hydrogens is 668 g/mol. The lowest BCUT2D eigenvalue weighted by molar-refractivity contribution is -0.122. The van der Waals surface area contributed by atoms with E-state index in [1.54, 1.807) is 9.47 Å². The molecule has 3 aromatic heterocycles. The lowest BCUT2D eigenvalue weighted by Crippen LogP contribution is -2.30. The topological polar surface area (TPSA) is 205 Å². The second-order valence-electron chi connectivity index (χ2n) is 12.0. The van der Waals surface area contributed by atoms with Gasteiger partial charge in [-0.3, -0.25) is 9.36 Å². The summed E-state index contributed by atoms with van der Waals surface area (Å²) in [5, 5.41) is 51.1. The Morgan fingerprint density at radius 2 is 1.56 bits per heavy atom. The molecule has 1 aliphatic rings. The molecule has 4 heterocycles. The minimum Gasteiger partial charge on any atom is -0.483 e. The monoisotopic (exact) mass is 708 g/mol. The number of aryl methyl sites for hydroxylation is 1. The first-order chi connectivity index (χ1) is 25.4. The number of carbonyl (C=O) groups is 1. The number of hydrogen-bond acceptors (Lipinski definition) is 13. The van der Waals surface area contributed by atoms with Crippen LogP contribution in [0.25, 0.3) is 11.2 Å². The number of fused-ring (bicyclic) bond motifs is 1. The Balaban J connectivity index is 0.00000150. The molecule has 3 aromatic carbocycles. The summed E-state index contributed by atoms with van der Waals surface area (Å²) in [6, 6.07) is 30.4. The third-order valence-corrected chi connectivity index (χ3v) is 8.79. The van der Waals surface area contributed by atoms with Crippen molar-refractivity contribution in [1.29, 1.82) is 0 Å². The number of rotatable bonds is 13. The zero-order valence-corrected chi connectivity index (χ0v) is 28.4. The predicted octanol–water partition coefficient (Wildman–Crippen LogP) is 3.71. The smallest absolute Gasteiger partial charge is 0.290 e. The Kier molecular flexibility index (Phi) is 11.8. The molecule has 0 saturated carbocycles. The van der Waals surface area contributed by atoms with E-state index in [0.29, 0.717) is 48.8 Å². The summed E-state index contributed by atoms with van der Waals surface area (Å²) in [7, 11) is 0. The average Bonchev–Trinajstić information content (AvgIpc) is 3.91. The molecule has 1 fully saturated rings. The number of hydrogen-bond donors (Lipinski definition) is 5. The van der Waals surface area contributed by atoms with Crippen LogP contribution in [0.2, 0.25) is 0 Å². The molecule has 0 spiro atoms. The van der Waals surface area contributed by atoms with Crippen LogP contribution in [0.5, 0.6) is 0 Å². The highest BCUT2D eigenvalue weighted by molar-refractivity contribution is 5.84. The van der Waals surface area contributed by atoms with E-state index in [4.69, 9.17) is 29.0 Å². The lowest BCUT2D eigenvalue weighted by Gasteiger charge is -2.23. The van der Waals surface area contributed by atoms with Crippen LogP contribution >= 0.6 is 0 Å². The summed E-state index contributed by atoms with van der Waals surface area (Å²) < 4.78 is 13.4. The van der Waals surface area contributed by atoms with Crippen LogP contribution in [-0.4, -0.2) is 88.6 Å². The van der Waals surface area contributed by atoms with Crippen molar-refractivity contribution < 1.29 is 34.4 Å². The Morgan fingerprint density at radius 3 is 2.15 bits per heavy atom. The molecule has 15 heteroatoms. The van der Waals surface area contributed by atoms with Gasteiger partial charge in [0.1, 0.15) is 18.9 Å². The molecule has 1 aliphatic heterocycles. The summed E-state index contributed by atoms with van der Waals surface area (Å²) in [4.78, 5) is 24.4. The Morgan fingerprint density at radius 1 is 0.923 bits per heavy atom. The molecule has 270 valence electrons. The number of anilines is 2. The molecule has 4 atom stereocenters. The first kappa shape index (κ1) is 36.1. The zero-order valence-electron chi connectivity index (χ0n) is 28.4. The van der Waals surface area contributed by atoms with Crippen molar-refractivity contribution in [2.75, 3.05) is 30.0 Å². The minimum absolute atomic E-state index is 0.0108. The molecule has 6 aromatic rings. The second-order valence-corrected chi connectivity index (χ2v) is 12.0. The van der Waals surface area contributed by atoms with Crippen molar-refractivity contribution in [3.63, 3.8) is 0 Å². The van der Waals surface area contributed by atoms with Crippen LogP contribution in [-0.2, 0) is 22.4 Å². The first-order valence-corrected chi connectivity index (χ1v) is 16.8. The number of nitrogens with zero attached hydrogens (tertiary/aromatic N) is 7. The minimum atomic E-state index is -1.36. The summed E-state index contributed by atoms with van der Waals surface area (Å²) in [5.74, 6) is 1.17. The van der Waals surface area contributed by atoms with Crippen LogP contribution in [0.1, 0.15) is 53.6 Å². The maximum atomic E-state index is 11.2. The van der Waals surface area contributed by atoms with Crippen molar-refractivity contribution in [3.05, 3.63) is 126 Å². The molecule has 0 amide bonds. The van der Waals surface area contributed by atoms with Gasteiger partial charge in [-0.2, -0.15) is 9.97 Å². The third-order valence-electron chi connectivity index (χ3n) is 8.79. The van der Waals surface area contributed by atoms with Gasteiger partial charge in [-0.15, -0.1) is 10.2 Å². The van der Waals surface area contributed by atoms with E-state index in [1.807, 2.05) is 73.7 Å². The number of benzene rings is 3. The van der Waals surface area contributed by atoms with Gasteiger partial charge in [-0.1, -0.05) is 97.9 Å². The SMILES string of the molecule is CCc1nnc([C@H]2O[C@@H](n3cnc4c(NCC(c5ccccc5)c5ccccc5)nc(N(CO)CCc5ccccc5)nc43)[C@H](O)[C@@H]2O)o1.O=CO. The fourth-order valence-electron chi connectivity index (χ4n) is 6.11. The molecule has 7 rings (SSSR count). The number of aromatic nitrogens is 6. The van der Waals surface area contributed by atoms with Gasteiger partial charge >= 0.3 is 0 Å². The van der Waals surface area contributed by atoms with Gasteiger partial charge in [-0.05, 0) is 23.1 Å². The Hall–Kier alpha value is -5.74. The van der Waals surface area contributed by atoms with Crippen molar-refractivity contribution in [2.45, 2.75) is 50.2 Å². The van der Waals surface area contributed by atoms with Gasteiger partial charge in [0.15, 0.2) is 29.3 Å². The number of aliphatic hydroxyl groups is 3. The number of aliphatic hydroxyl groups excluding tert-OH is 3. The molecular formula is C37H40N8O7. The third kappa shape index (κ3) is 7.92. The van der Waals surface area contributed by atoms with Crippen molar-refractivity contribution in [2.24, 2.45) is 0 Å². The van der Waals surface area contributed by atoms with Crippen LogP contribution in [0.15, 0.2) is 102 Å². The average molecular weight is 709 g/mol. The predicted molar refractivity (Wildman–Crippen MR) is 190 cm³/mol. The van der Waals surface area contributed by atoms with E-state index in [1.165, 1.54) is 6.33 Å². The summed E-state index contributed by atoms with van der Waals surface area (Å²) in [5.41, 5.74) is 4.15. The molecule has 15 nitrogen and oxygen atoms in total. The number of ether oxygens (including phenoxy) is 1. The molecule has 0 bridgehead atoms. The highest BCUT2D eigenvalue weighted by Gasteiger charge is 2.47. The van der Waals surface area contributed by atoms with E-state index >= 15 is 0 Å². The Labute approximate surface area is 299 Å². The van der Waals surface area contributed by atoms with E-state index in [0.717, 1.165) is 16.7 Å². The van der Waals surface area contributed by atoms with E-state index in [2.05, 4.69) is 44.8 Å². The number of imidazole rings is 1. The lowest BCUT2D eigenvalue weighted by atomic mass is 9.91. The standard InChI is InChI=1S/C36H38N8O5.CH2O2/c1-2-27-41-42-34(48-27)31-29(46)30(47)35(49-31)44-21-38-28-32(37-20-26(24-14-8-4-9-15-24)25-16-10-5-11-17-25)39-36(40-33(28)44)43(22-45)19-18-23-12-6-3-7-13-23;2-1-3/h3-17,21,26,29-31,35,45-47H,2,18-20,22H2,1H3,(H,37,39,40);1H,(H,2,3)/t29-,30+,31-,35+;/m0./s1. The highest BCUT2D eigenvalue weighted by atomic mass is 16.6. The maximum absolute atomic E-state index is 11.2. The maximum Gasteiger partial charge on any atom is 0.290 e. The normalized spacial score (nSPS) is 18.2. The van der Waals surface area contributed by atoms with Gasteiger partial charge in [-0.25, -0.2) is 4.98 Å². The van der Waals surface area contributed by atoms with Crippen molar-refractivity contribution in [3.8, 4) is 0 Å². The Bertz CT molecular complexity index is 1970. The first-order valence-electron chi connectivity index (χ1n) is 16.8. The molecule has 1 saturated heterocycles. The van der Waals surface area contributed by atoms with Crippen LogP contribution in [0, 0.1) is 0 Å². The molecule has 0 unspecified atom stereocenters. The fourth-order valence-corrected chi connectivity index (χ4v) is 6.11. The van der Waals surface area contributed by atoms with E-state index in [9.17, 15) is 15.3 Å². The van der Waals surface area contributed by atoms with Crippen LogP contribution < -0.4 is 10.2 Å². The quantitative estimate of drug-likeness (QED) is 0.0858. The second kappa shape index (κ2) is 17.0. The van der Waals surface area contributed by atoms with Gasteiger partial charge in [0.2, 0.25) is 17.7 Å². The highest BCUT2D eigenvalue weighted by Crippen LogP contribution is 2.40. The fraction of sp³-hybridized carbons (Fsp3) is 0.297. The van der Waals surface area contributed by atoms with Gasteiger partial charge in [0.05, 0.1) is 6.33 Å². The van der Waals surface area contributed by atoms with Crippen LogP contribution in [0.3, 0.4) is 0 Å². The van der Waals surface area contributed by atoms with E-state index < -0.39 is 24.5 Å². The van der Waals surface area contributed by atoms with E-state index in [-0.39, 0.29) is 31.0 Å². The number of nitrogens with one attached hydrogen (secondary N) is 1. The van der Waals surface area contributed by atoms with Crippen molar-refractivity contribution in [1.82, 2.24) is 29.7 Å². The van der Waals surface area contributed by atoms with Gasteiger partial charge in [0, 0.05) is 25.4 Å². The number of carboxylic acid groups (broad SMARTS) is 1.